The molecule has 0 fully saturated rings. The SMILES string of the molecule is CCOC(=O)c1c(-n2c(C)cc(/C=N\NC(=O)c3ccco3)c2C)sc(C)c1C. The van der Waals surface area contributed by atoms with E-state index in [1.165, 1.54) is 6.26 Å². The first-order valence-corrected chi connectivity index (χ1v) is 10.00. The number of thiophene rings is 1. The molecule has 3 aromatic heterocycles. The third-order valence-electron chi connectivity index (χ3n) is 4.63. The average molecular weight is 413 g/mol. The molecule has 152 valence electrons. The number of hydrogen-bond acceptors (Lipinski definition) is 6. The van der Waals surface area contributed by atoms with Gasteiger partial charge in [0.15, 0.2) is 5.76 Å². The van der Waals surface area contributed by atoms with Crippen molar-refractivity contribution in [2.45, 2.75) is 34.6 Å². The van der Waals surface area contributed by atoms with E-state index in [4.69, 9.17) is 9.15 Å². The van der Waals surface area contributed by atoms with Gasteiger partial charge >= 0.3 is 11.9 Å². The highest BCUT2D eigenvalue weighted by molar-refractivity contribution is 7.15. The summed E-state index contributed by atoms with van der Waals surface area (Å²) in [4.78, 5) is 25.5. The van der Waals surface area contributed by atoms with E-state index < -0.39 is 5.91 Å². The maximum atomic E-state index is 12.6. The van der Waals surface area contributed by atoms with Crippen molar-refractivity contribution in [3.8, 4) is 5.00 Å². The Morgan fingerprint density at radius 3 is 2.72 bits per heavy atom. The zero-order chi connectivity index (χ0) is 21.1. The van der Waals surface area contributed by atoms with Crippen LogP contribution < -0.4 is 5.43 Å². The largest absolute Gasteiger partial charge is 0.462 e. The molecule has 3 aromatic rings. The van der Waals surface area contributed by atoms with Gasteiger partial charge in [-0.3, -0.25) is 4.79 Å². The molecule has 0 saturated carbocycles. The smallest absolute Gasteiger partial charge is 0.341 e. The van der Waals surface area contributed by atoms with Crippen molar-refractivity contribution >= 4 is 29.4 Å². The highest BCUT2D eigenvalue weighted by Gasteiger charge is 2.24. The topological polar surface area (TPSA) is 85.8 Å². The third-order valence-corrected chi connectivity index (χ3v) is 5.83. The van der Waals surface area contributed by atoms with Crippen LogP contribution >= 0.6 is 11.3 Å². The van der Waals surface area contributed by atoms with Crippen molar-refractivity contribution < 1.29 is 18.7 Å². The number of hydrazone groups is 1. The summed E-state index contributed by atoms with van der Waals surface area (Å²) >= 11 is 1.55. The maximum Gasteiger partial charge on any atom is 0.341 e. The molecule has 0 aromatic carbocycles. The molecule has 3 heterocycles. The van der Waals surface area contributed by atoms with Crippen molar-refractivity contribution in [3.05, 3.63) is 63.2 Å². The second-order valence-electron chi connectivity index (χ2n) is 6.52. The monoisotopic (exact) mass is 413 g/mol. The molecule has 29 heavy (non-hydrogen) atoms. The lowest BCUT2D eigenvalue weighted by atomic mass is 10.1. The number of aryl methyl sites for hydroxylation is 2. The van der Waals surface area contributed by atoms with Gasteiger partial charge in [0.1, 0.15) is 5.00 Å². The van der Waals surface area contributed by atoms with Crippen LogP contribution in [0, 0.1) is 27.7 Å². The second kappa shape index (κ2) is 8.48. The van der Waals surface area contributed by atoms with Crippen molar-refractivity contribution in [1.29, 1.82) is 0 Å². The van der Waals surface area contributed by atoms with E-state index in [0.29, 0.717) is 12.2 Å². The van der Waals surface area contributed by atoms with Crippen LogP contribution in [-0.2, 0) is 4.74 Å². The van der Waals surface area contributed by atoms with Gasteiger partial charge < -0.3 is 13.7 Å². The normalized spacial score (nSPS) is 11.2. The molecule has 3 rings (SSSR count). The number of nitrogens with one attached hydrogen (secondary N) is 1. The predicted octanol–water partition coefficient (Wildman–Crippen LogP) is 4.31. The fourth-order valence-corrected chi connectivity index (χ4v) is 4.32. The lowest BCUT2D eigenvalue weighted by Crippen LogP contribution is -2.16. The van der Waals surface area contributed by atoms with E-state index in [1.807, 2.05) is 38.3 Å². The Balaban J connectivity index is 1.92. The first kappa shape index (κ1) is 20.6. The maximum absolute atomic E-state index is 12.6. The van der Waals surface area contributed by atoms with Gasteiger partial charge in [-0.05, 0) is 58.4 Å². The van der Waals surface area contributed by atoms with Gasteiger partial charge in [0.25, 0.3) is 0 Å². The molecule has 0 unspecified atom stereocenters. The van der Waals surface area contributed by atoms with E-state index in [-0.39, 0.29) is 11.7 Å². The Bertz CT molecular complexity index is 1070. The summed E-state index contributed by atoms with van der Waals surface area (Å²) in [6.45, 7) is 9.95. The summed E-state index contributed by atoms with van der Waals surface area (Å²) in [5.41, 5.74) is 6.65. The van der Waals surface area contributed by atoms with Gasteiger partial charge in [-0.1, -0.05) is 0 Å². The van der Waals surface area contributed by atoms with Crippen LogP contribution in [0.3, 0.4) is 0 Å². The summed E-state index contributed by atoms with van der Waals surface area (Å²) in [6, 6.07) is 5.16. The van der Waals surface area contributed by atoms with Crippen LogP contribution in [0.4, 0.5) is 0 Å². The van der Waals surface area contributed by atoms with E-state index in [2.05, 4.69) is 10.5 Å². The zero-order valence-electron chi connectivity index (χ0n) is 17.0. The zero-order valence-corrected chi connectivity index (χ0v) is 17.8. The Labute approximate surface area is 173 Å². The average Bonchev–Trinajstić information content (AvgIpc) is 3.36. The molecule has 0 bridgehead atoms. The molecule has 8 heteroatoms. The minimum Gasteiger partial charge on any atom is -0.462 e. The van der Waals surface area contributed by atoms with Crippen LogP contribution in [0.1, 0.15) is 55.2 Å². The Kier molecular flexibility index (Phi) is 6.03. The number of esters is 1. The Morgan fingerprint density at radius 1 is 1.31 bits per heavy atom. The number of carbonyl (C=O) groups excluding carboxylic acids is 2. The molecule has 7 nitrogen and oxygen atoms in total. The number of nitrogens with zero attached hydrogens (tertiary/aromatic N) is 2. The summed E-state index contributed by atoms with van der Waals surface area (Å²) in [7, 11) is 0. The summed E-state index contributed by atoms with van der Waals surface area (Å²) in [5.74, 6) is -0.553. The third kappa shape index (κ3) is 4.02. The molecule has 0 aliphatic carbocycles. The van der Waals surface area contributed by atoms with Crippen LogP contribution in [0.25, 0.3) is 5.00 Å². The van der Waals surface area contributed by atoms with Gasteiger partial charge in [-0.25, -0.2) is 10.2 Å². The Morgan fingerprint density at radius 2 is 2.07 bits per heavy atom. The number of aromatic nitrogens is 1. The van der Waals surface area contributed by atoms with Crippen LogP contribution in [0.5, 0.6) is 0 Å². The highest BCUT2D eigenvalue weighted by Crippen LogP contribution is 2.34. The molecule has 0 aliphatic heterocycles. The number of furan rings is 1. The predicted molar refractivity (Wildman–Crippen MR) is 112 cm³/mol. The van der Waals surface area contributed by atoms with E-state index >= 15 is 0 Å². The molecule has 0 aliphatic rings. The van der Waals surface area contributed by atoms with E-state index in [1.54, 1.807) is 36.6 Å². The van der Waals surface area contributed by atoms with E-state index in [9.17, 15) is 9.59 Å². The highest BCUT2D eigenvalue weighted by atomic mass is 32.1. The van der Waals surface area contributed by atoms with Gasteiger partial charge in [-0.15, -0.1) is 11.3 Å². The van der Waals surface area contributed by atoms with Gasteiger partial charge in [-0.2, -0.15) is 5.10 Å². The van der Waals surface area contributed by atoms with Crippen molar-refractivity contribution in [2.24, 2.45) is 5.10 Å². The first-order valence-electron chi connectivity index (χ1n) is 9.18. The molecule has 0 saturated heterocycles. The number of hydrogen-bond donors (Lipinski definition) is 1. The van der Waals surface area contributed by atoms with Crippen LogP contribution in [0.15, 0.2) is 34.0 Å². The number of carbonyl (C=O) groups is 2. The summed E-state index contributed by atoms with van der Waals surface area (Å²) in [6.07, 6.45) is 3.01. The molecular weight excluding hydrogens is 390 g/mol. The number of ether oxygens (including phenoxy) is 1. The van der Waals surface area contributed by atoms with Crippen LogP contribution in [0.2, 0.25) is 0 Å². The van der Waals surface area contributed by atoms with Crippen molar-refractivity contribution in [2.75, 3.05) is 6.61 Å². The fraction of sp³-hybridized carbons (Fsp3) is 0.286. The van der Waals surface area contributed by atoms with Gasteiger partial charge in [0.05, 0.1) is 24.6 Å². The minimum absolute atomic E-state index is 0.191. The molecule has 0 radical (unpaired) electrons. The second-order valence-corrected chi connectivity index (χ2v) is 7.73. The Hall–Kier alpha value is -3.13. The fourth-order valence-electron chi connectivity index (χ4n) is 3.06. The molecule has 0 spiro atoms. The van der Waals surface area contributed by atoms with Gasteiger partial charge in [0.2, 0.25) is 0 Å². The number of rotatable bonds is 6. The molecule has 1 amide bonds. The lowest BCUT2D eigenvalue weighted by Gasteiger charge is -2.10. The van der Waals surface area contributed by atoms with Gasteiger partial charge in [0, 0.05) is 21.8 Å². The quantitative estimate of drug-likeness (QED) is 0.371. The molecular formula is C21H23N3O4S. The molecule has 0 atom stereocenters. The standard InChI is InChI=1S/C21H23N3O4S/c1-6-27-21(26)18-13(3)15(5)29-20(18)24-12(2)10-16(14(24)4)11-22-23-19(25)17-8-7-9-28-17/h7-11H,6H2,1-5H3,(H,23,25)/b22-11-. The summed E-state index contributed by atoms with van der Waals surface area (Å²) in [5, 5.41) is 4.86. The first-order chi connectivity index (χ1) is 13.8. The van der Waals surface area contributed by atoms with Crippen molar-refractivity contribution in [1.82, 2.24) is 9.99 Å². The molecule has 1 N–H and O–H groups in total. The lowest BCUT2D eigenvalue weighted by molar-refractivity contribution is 0.0526. The van der Waals surface area contributed by atoms with Crippen molar-refractivity contribution in [3.63, 3.8) is 0 Å². The summed E-state index contributed by atoms with van der Waals surface area (Å²) < 4.78 is 12.3. The van der Waals surface area contributed by atoms with E-state index in [0.717, 1.165) is 32.4 Å². The minimum atomic E-state index is -0.422. The van der Waals surface area contributed by atoms with Crippen LogP contribution in [-0.4, -0.2) is 29.3 Å². The number of amides is 1.